The molecule has 0 amide bonds. The van der Waals surface area contributed by atoms with E-state index in [0.717, 1.165) is 29.3 Å². The molecule has 0 aliphatic heterocycles. The average molecular weight is 318 g/mol. The van der Waals surface area contributed by atoms with Crippen LogP contribution in [0.15, 0.2) is 67.1 Å². The Balaban J connectivity index is 1.67. The van der Waals surface area contributed by atoms with Crippen LogP contribution in [0, 0.1) is 0 Å². The first-order chi connectivity index (χ1) is 11.8. The van der Waals surface area contributed by atoms with Crippen molar-refractivity contribution in [3.63, 3.8) is 0 Å². The molecule has 0 saturated heterocycles. The van der Waals surface area contributed by atoms with Crippen molar-refractivity contribution in [3.05, 3.63) is 67.1 Å². The van der Waals surface area contributed by atoms with Crippen LogP contribution in [0.3, 0.4) is 0 Å². The Labute approximate surface area is 139 Å². The van der Waals surface area contributed by atoms with E-state index in [1.807, 2.05) is 51.8 Å². The second-order valence-corrected chi connectivity index (χ2v) is 5.77. The molecule has 1 atom stereocenters. The summed E-state index contributed by atoms with van der Waals surface area (Å²) in [6.45, 7) is 2.90. The van der Waals surface area contributed by atoms with Gasteiger partial charge < -0.3 is 5.32 Å². The van der Waals surface area contributed by atoms with Crippen molar-refractivity contribution >= 4 is 11.5 Å². The number of aromatic nitrogens is 5. The van der Waals surface area contributed by atoms with Gasteiger partial charge in [-0.05, 0) is 13.0 Å². The van der Waals surface area contributed by atoms with Crippen molar-refractivity contribution in [1.82, 2.24) is 24.4 Å². The lowest BCUT2D eigenvalue weighted by Crippen LogP contribution is -2.23. The van der Waals surface area contributed by atoms with E-state index in [1.165, 1.54) is 0 Å². The largest absolute Gasteiger partial charge is 0.366 e. The van der Waals surface area contributed by atoms with Gasteiger partial charge in [-0.1, -0.05) is 30.3 Å². The quantitative estimate of drug-likeness (QED) is 0.614. The van der Waals surface area contributed by atoms with Crippen molar-refractivity contribution < 1.29 is 0 Å². The highest BCUT2D eigenvalue weighted by molar-refractivity contribution is 5.66. The van der Waals surface area contributed by atoms with Gasteiger partial charge in [0.2, 0.25) is 0 Å². The molecule has 24 heavy (non-hydrogen) atoms. The first-order valence-electron chi connectivity index (χ1n) is 7.94. The van der Waals surface area contributed by atoms with Crippen LogP contribution in [0.5, 0.6) is 0 Å². The molecule has 0 bridgehead atoms. The van der Waals surface area contributed by atoms with Crippen molar-refractivity contribution in [2.45, 2.75) is 19.5 Å². The lowest BCUT2D eigenvalue weighted by molar-refractivity contribution is 0.558. The van der Waals surface area contributed by atoms with Crippen LogP contribution in [-0.2, 0) is 6.54 Å². The van der Waals surface area contributed by atoms with Crippen LogP contribution in [0.25, 0.3) is 16.9 Å². The van der Waals surface area contributed by atoms with Gasteiger partial charge in [0.15, 0.2) is 5.65 Å². The van der Waals surface area contributed by atoms with Crippen LogP contribution in [-0.4, -0.2) is 30.4 Å². The molecule has 3 aromatic heterocycles. The molecule has 1 N–H and O–H groups in total. The van der Waals surface area contributed by atoms with Gasteiger partial charge in [0.25, 0.3) is 0 Å². The van der Waals surface area contributed by atoms with Crippen LogP contribution < -0.4 is 5.32 Å². The Bertz CT molecular complexity index is 927. The molecule has 0 aliphatic carbocycles. The van der Waals surface area contributed by atoms with Crippen LogP contribution in [0.1, 0.15) is 6.92 Å². The smallest absolute Gasteiger partial charge is 0.157 e. The third kappa shape index (κ3) is 2.86. The lowest BCUT2D eigenvalue weighted by atomic mass is 10.1. The minimum Gasteiger partial charge on any atom is -0.366 e. The maximum Gasteiger partial charge on any atom is 0.157 e. The zero-order chi connectivity index (χ0) is 16.4. The first-order valence-corrected chi connectivity index (χ1v) is 7.94. The third-order valence-electron chi connectivity index (χ3n) is 3.84. The van der Waals surface area contributed by atoms with Crippen molar-refractivity contribution in [2.24, 2.45) is 0 Å². The fraction of sp³-hybridized carbons (Fsp3) is 0.167. The molecule has 0 aliphatic rings. The minimum absolute atomic E-state index is 0.198. The van der Waals surface area contributed by atoms with Gasteiger partial charge in [-0.25, -0.2) is 4.98 Å². The number of nitrogens with zero attached hydrogens (tertiary/aromatic N) is 5. The molecule has 4 rings (SSSR count). The van der Waals surface area contributed by atoms with Gasteiger partial charge in [0.1, 0.15) is 5.82 Å². The normalized spacial score (nSPS) is 12.4. The molecule has 3 heterocycles. The molecular formula is C18H18N6. The first kappa shape index (κ1) is 14.4. The summed E-state index contributed by atoms with van der Waals surface area (Å²) in [5.74, 6) is 0.920. The van der Waals surface area contributed by atoms with E-state index in [0.29, 0.717) is 0 Å². The fourth-order valence-electron chi connectivity index (χ4n) is 2.76. The summed E-state index contributed by atoms with van der Waals surface area (Å²) in [5.41, 5.74) is 2.84. The van der Waals surface area contributed by atoms with E-state index in [-0.39, 0.29) is 6.04 Å². The molecule has 0 fully saturated rings. The van der Waals surface area contributed by atoms with Gasteiger partial charge in [0, 0.05) is 36.1 Å². The SMILES string of the molecule is C[C@H](Cn1cccn1)Nc1cc(-c2ccccc2)nc2ccnn12. The second-order valence-electron chi connectivity index (χ2n) is 5.77. The van der Waals surface area contributed by atoms with E-state index in [2.05, 4.69) is 34.6 Å². The molecular weight excluding hydrogens is 300 g/mol. The summed E-state index contributed by atoms with van der Waals surface area (Å²) in [7, 11) is 0. The van der Waals surface area contributed by atoms with E-state index in [1.54, 1.807) is 12.4 Å². The number of hydrogen-bond acceptors (Lipinski definition) is 4. The van der Waals surface area contributed by atoms with Gasteiger partial charge >= 0.3 is 0 Å². The van der Waals surface area contributed by atoms with Crippen molar-refractivity contribution in [3.8, 4) is 11.3 Å². The molecule has 0 spiro atoms. The highest BCUT2D eigenvalue weighted by Crippen LogP contribution is 2.22. The standard InChI is InChI=1S/C18H18N6/c1-14(13-23-11-5-9-19-23)21-18-12-16(15-6-3-2-4-7-15)22-17-8-10-20-24(17)18/h2-12,14,21H,13H2,1H3/t14-/m1/s1. The molecule has 0 radical (unpaired) electrons. The van der Waals surface area contributed by atoms with Gasteiger partial charge in [-0.3, -0.25) is 4.68 Å². The van der Waals surface area contributed by atoms with E-state index in [4.69, 9.17) is 4.98 Å². The predicted octanol–water partition coefficient (Wildman–Crippen LogP) is 3.09. The fourth-order valence-corrected chi connectivity index (χ4v) is 2.76. The number of fused-ring (bicyclic) bond motifs is 1. The van der Waals surface area contributed by atoms with Crippen molar-refractivity contribution in [2.75, 3.05) is 5.32 Å². The molecule has 0 saturated carbocycles. The second kappa shape index (κ2) is 6.16. The van der Waals surface area contributed by atoms with Gasteiger partial charge in [-0.2, -0.15) is 14.7 Å². The summed E-state index contributed by atoms with van der Waals surface area (Å²) in [6.07, 6.45) is 5.52. The number of hydrogen-bond donors (Lipinski definition) is 1. The highest BCUT2D eigenvalue weighted by atomic mass is 15.3. The Morgan fingerprint density at radius 3 is 2.71 bits per heavy atom. The van der Waals surface area contributed by atoms with Crippen LogP contribution in [0.4, 0.5) is 5.82 Å². The monoisotopic (exact) mass is 318 g/mol. The molecule has 6 nitrogen and oxygen atoms in total. The summed E-state index contributed by atoms with van der Waals surface area (Å²) in [6, 6.07) is 16.2. The number of nitrogens with one attached hydrogen (secondary N) is 1. The van der Waals surface area contributed by atoms with E-state index < -0.39 is 0 Å². The van der Waals surface area contributed by atoms with E-state index in [9.17, 15) is 0 Å². The zero-order valence-corrected chi connectivity index (χ0v) is 13.4. The molecule has 1 aromatic carbocycles. The minimum atomic E-state index is 0.198. The summed E-state index contributed by atoms with van der Waals surface area (Å²) < 4.78 is 3.74. The Morgan fingerprint density at radius 1 is 1.04 bits per heavy atom. The number of benzene rings is 1. The molecule has 6 heteroatoms. The number of rotatable bonds is 5. The summed E-state index contributed by atoms with van der Waals surface area (Å²) in [4.78, 5) is 4.69. The average Bonchev–Trinajstić information content (AvgIpc) is 3.27. The zero-order valence-electron chi connectivity index (χ0n) is 13.4. The maximum absolute atomic E-state index is 4.69. The maximum atomic E-state index is 4.69. The van der Waals surface area contributed by atoms with E-state index >= 15 is 0 Å². The third-order valence-corrected chi connectivity index (χ3v) is 3.84. The lowest BCUT2D eigenvalue weighted by Gasteiger charge is -2.17. The number of anilines is 1. The Morgan fingerprint density at radius 2 is 1.92 bits per heavy atom. The summed E-state index contributed by atoms with van der Waals surface area (Å²) in [5, 5.41) is 12.1. The summed E-state index contributed by atoms with van der Waals surface area (Å²) >= 11 is 0. The van der Waals surface area contributed by atoms with Crippen molar-refractivity contribution in [1.29, 1.82) is 0 Å². The van der Waals surface area contributed by atoms with Crippen LogP contribution in [0.2, 0.25) is 0 Å². The topological polar surface area (TPSA) is 60.0 Å². The Hall–Kier alpha value is -3.15. The highest BCUT2D eigenvalue weighted by Gasteiger charge is 2.11. The molecule has 4 aromatic rings. The Kier molecular flexibility index (Phi) is 3.70. The molecule has 0 unspecified atom stereocenters. The van der Waals surface area contributed by atoms with Crippen LogP contribution >= 0.6 is 0 Å². The predicted molar refractivity (Wildman–Crippen MR) is 93.7 cm³/mol. The van der Waals surface area contributed by atoms with Gasteiger partial charge in [0.05, 0.1) is 18.4 Å². The van der Waals surface area contributed by atoms with Gasteiger partial charge in [-0.15, -0.1) is 0 Å². The molecule has 120 valence electrons.